The van der Waals surface area contributed by atoms with E-state index < -0.39 is 0 Å². The molecule has 2 saturated carbocycles. The molecule has 0 heterocycles. The van der Waals surface area contributed by atoms with Crippen molar-refractivity contribution in [2.24, 2.45) is 28.1 Å². The van der Waals surface area contributed by atoms with Gasteiger partial charge in [-0.2, -0.15) is 0 Å². The zero-order chi connectivity index (χ0) is 17.3. The second-order valence-electron chi connectivity index (χ2n) is 10.3. The van der Waals surface area contributed by atoms with E-state index in [1.807, 2.05) is 6.92 Å². The van der Waals surface area contributed by atoms with E-state index in [2.05, 4.69) is 20.8 Å². The van der Waals surface area contributed by atoms with Gasteiger partial charge in [-0.05, 0) is 87.4 Å². The van der Waals surface area contributed by atoms with Crippen molar-refractivity contribution in [1.29, 1.82) is 0 Å². The molecule has 2 heteroatoms. The Labute approximate surface area is 147 Å². The third kappa shape index (κ3) is 2.08. The number of aliphatic hydroxyl groups is 2. The Bertz CT molecular complexity index is 564. The zero-order valence-electron chi connectivity index (χ0n) is 16.1. The second kappa shape index (κ2) is 5.33. The SMILES string of the molecule is C[C@H](O)[C@]1(C)CCC2=C1CC[C@H]1[C@@H]2CC[C@@]2(C)C[C@H](O)CC[C@]12C. The lowest BCUT2D eigenvalue weighted by molar-refractivity contribution is -0.130. The van der Waals surface area contributed by atoms with Crippen molar-refractivity contribution in [3.8, 4) is 0 Å². The molecule has 0 aromatic carbocycles. The van der Waals surface area contributed by atoms with Crippen molar-refractivity contribution in [3.05, 3.63) is 11.1 Å². The van der Waals surface area contributed by atoms with E-state index in [9.17, 15) is 10.2 Å². The van der Waals surface area contributed by atoms with Gasteiger partial charge in [0, 0.05) is 5.41 Å². The summed E-state index contributed by atoms with van der Waals surface area (Å²) in [6, 6.07) is 0. The van der Waals surface area contributed by atoms with E-state index >= 15 is 0 Å². The molecule has 0 radical (unpaired) electrons. The third-order valence-electron chi connectivity index (χ3n) is 9.44. The van der Waals surface area contributed by atoms with Gasteiger partial charge >= 0.3 is 0 Å². The summed E-state index contributed by atoms with van der Waals surface area (Å²) < 4.78 is 0. The number of hydrogen-bond acceptors (Lipinski definition) is 2. The summed E-state index contributed by atoms with van der Waals surface area (Å²) in [6.45, 7) is 9.30. The van der Waals surface area contributed by atoms with Gasteiger partial charge in [-0.15, -0.1) is 0 Å². The molecule has 4 rings (SSSR count). The lowest BCUT2D eigenvalue weighted by Crippen LogP contribution is -2.55. The fourth-order valence-corrected chi connectivity index (χ4v) is 7.38. The molecule has 24 heavy (non-hydrogen) atoms. The summed E-state index contributed by atoms with van der Waals surface area (Å²) >= 11 is 0. The van der Waals surface area contributed by atoms with E-state index in [1.165, 1.54) is 38.5 Å². The lowest BCUT2D eigenvalue weighted by atomic mass is 9.43. The van der Waals surface area contributed by atoms with Crippen LogP contribution in [0.2, 0.25) is 0 Å². The Morgan fingerprint density at radius 3 is 2.46 bits per heavy atom. The highest BCUT2D eigenvalue weighted by Crippen LogP contribution is 2.68. The molecule has 0 aromatic heterocycles. The Hall–Kier alpha value is -0.340. The molecule has 0 unspecified atom stereocenters. The molecule has 0 saturated heterocycles. The smallest absolute Gasteiger partial charge is 0.0602 e. The van der Waals surface area contributed by atoms with Crippen LogP contribution in [-0.2, 0) is 0 Å². The van der Waals surface area contributed by atoms with Gasteiger partial charge in [0.2, 0.25) is 0 Å². The summed E-state index contributed by atoms with van der Waals surface area (Å²) in [5.74, 6) is 1.54. The number of rotatable bonds is 1. The van der Waals surface area contributed by atoms with Crippen molar-refractivity contribution in [1.82, 2.24) is 0 Å². The van der Waals surface area contributed by atoms with Gasteiger partial charge in [0.25, 0.3) is 0 Å². The van der Waals surface area contributed by atoms with Gasteiger partial charge in [0.1, 0.15) is 0 Å². The molecule has 7 atom stereocenters. The summed E-state index contributed by atoms with van der Waals surface area (Å²) in [6.07, 6.45) is 10.3. The zero-order valence-corrected chi connectivity index (χ0v) is 16.1. The van der Waals surface area contributed by atoms with Crippen LogP contribution in [0, 0.1) is 28.1 Å². The van der Waals surface area contributed by atoms with E-state index in [1.54, 1.807) is 11.1 Å². The van der Waals surface area contributed by atoms with Gasteiger partial charge in [-0.3, -0.25) is 0 Å². The Morgan fingerprint density at radius 1 is 1.00 bits per heavy atom. The third-order valence-corrected chi connectivity index (χ3v) is 9.44. The molecule has 0 aliphatic heterocycles. The van der Waals surface area contributed by atoms with E-state index in [0.717, 1.165) is 31.1 Å². The van der Waals surface area contributed by atoms with Crippen molar-refractivity contribution in [3.63, 3.8) is 0 Å². The summed E-state index contributed by atoms with van der Waals surface area (Å²) in [5.41, 5.74) is 4.10. The standard InChI is InChI=1S/C22H36O2/c1-14(23)21(3)11-9-16-17-8-10-20(2)13-15(24)7-12-22(20,4)19(17)6-5-18(16)21/h14-15,17,19,23-24H,5-13H2,1-4H3/t14-,15+,17+,19-,20-,21-,22+/m0/s1. The maximum Gasteiger partial charge on any atom is 0.0602 e. The minimum Gasteiger partial charge on any atom is -0.393 e. The largest absolute Gasteiger partial charge is 0.393 e. The van der Waals surface area contributed by atoms with Crippen LogP contribution < -0.4 is 0 Å². The van der Waals surface area contributed by atoms with Gasteiger partial charge in [0.15, 0.2) is 0 Å². The number of aliphatic hydroxyl groups excluding tert-OH is 2. The first-order chi connectivity index (χ1) is 11.2. The Balaban J connectivity index is 1.69. The van der Waals surface area contributed by atoms with Gasteiger partial charge in [-0.1, -0.05) is 31.9 Å². The highest BCUT2D eigenvalue weighted by molar-refractivity contribution is 5.35. The predicted octanol–water partition coefficient (Wildman–Crippen LogP) is 4.84. The van der Waals surface area contributed by atoms with E-state index in [4.69, 9.17) is 0 Å². The molecule has 136 valence electrons. The summed E-state index contributed by atoms with van der Waals surface area (Å²) in [4.78, 5) is 0. The number of allylic oxidation sites excluding steroid dienone is 1. The van der Waals surface area contributed by atoms with Crippen LogP contribution in [0.5, 0.6) is 0 Å². The monoisotopic (exact) mass is 332 g/mol. The van der Waals surface area contributed by atoms with Crippen LogP contribution in [-0.4, -0.2) is 22.4 Å². The topological polar surface area (TPSA) is 40.5 Å². The molecule has 4 aliphatic rings. The van der Waals surface area contributed by atoms with Crippen LogP contribution in [0.4, 0.5) is 0 Å². The molecule has 2 nitrogen and oxygen atoms in total. The second-order valence-corrected chi connectivity index (χ2v) is 10.3. The summed E-state index contributed by atoms with van der Waals surface area (Å²) in [7, 11) is 0. The Morgan fingerprint density at radius 2 is 1.75 bits per heavy atom. The highest BCUT2D eigenvalue weighted by Gasteiger charge is 2.59. The highest BCUT2D eigenvalue weighted by atomic mass is 16.3. The fraction of sp³-hybridized carbons (Fsp3) is 0.909. The van der Waals surface area contributed by atoms with Gasteiger partial charge in [0.05, 0.1) is 12.2 Å². The maximum atomic E-state index is 10.4. The Kier molecular flexibility index (Phi) is 3.80. The molecular formula is C22H36O2. The number of hydrogen-bond donors (Lipinski definition) is 2. The van der Waals surface area contributed by atoms with Crippen LogP contribution in [0.3, 0.4) is 0 Å². The van der Waals surface area contributed by atoms with Crippen molar-refractivity contribution in [2.75, 3.05) is 0 Å². The molecule has 0 aromatic rings. The molecule has 2 N–H and O–H groups in total. The van der Waals surface area contributed by atoms with Crippen LogP contribution in [0.15, 0.2) is 11.1 Å². The minimum absolute atomic E-state index is 0.0325. The number of fused-ring (bicyclic) bond motifs is 4. The first-order valence-corrected chi connectivity index (χ1v) is 10.3. The molecule has 0 spiro atoms. The summed E-state index contributed by atoms with van der Waals surface area (Å²) in [5, 5.41) is 20.7. The van der Waals surface area contributed by atoms with Crippen LogP contribution in [0.1, 0.15) is 85.5 Å². The average Bonchev–Trinajstić information content (AvgIpc) is 2.88. The van der Waals surface area contributed by atoms with E-state index in [0.29, 0.717) is 10.8 Å². The van der Waals surface area contributed by atoms with Gasteiger partial charge < -0.3 is 10.2 Å². The molecular weight excluding hydrogens is 296 g/mol. The molecule has 2 fully saturated rings. The minimum atomic E-state index is -0.226. The van der Waals surface area contributed by atoms with Crippen molar-refractivity contribution < 1.29 is 10.2 Å². The first-order valence-electron chi connectivity index (χ1n) is 10.3. The molecule has 0 bridgehead atoms. The van der Waals surface area contributed by atoms with Crippen LogP contribution >= 0.6 is 0 Å². The van der Waals surface area contributed by atoms with Gasteiger partial charge in [-0.25, -0.2) is 0 Å². The van der Waals surface area contributed by atoms with Crippen LogP contribution in [0.25, 0.3) is 0 Å². The maximum absolute atomic E-state index is 10.4. The fourth-order valence-electron chi connectivity index (χ4n) is 7.38. The van der Waals surface area contributed by atoms with Crippen molar-refractivity contribution in [2.45, 2.75) is 97.7 Å². The first kappa shape index (κ1) is 17.1. The normalized spacial score (nSPS) is 52.5. The molecule has 0 amide bonds. The lowest BCUT2D eigenvalue weighted by Gasteiger charge is -2.62. The quantitative estimate of drug-likeness (QED) is 0.674. The van der Waals surface area contributed by atoms with Crippen molar-refractivity contribution >= 4 is 0 Å². The van der Waals surface area contributed by atoms with E-state index in [-0.39, 0.29) is 17.6 Å². The molecule has 4 aliphatic carbocycles. The average molecular weight is 333 g/mol. The predicted molar refractivity (Wildman–Crippen MR) is 97.6 cm³/mol.